The molecule has 1 fully saturated rings. The van der Waals surface area contributed by atoms with Crippen molar-refractivity contribution in [3.05, 3.63) is 41.2 Å². The molecule has 1 aliphatic carbocycles. The Hall–Kier alpha value is -2.50. The molecule has 2 aliphatic heterocycles. The molecule has 3 aliphatic rings. The normalized spacial score (nSPS) is 20.2. The lowest BCUT2D eigenvalue weighted by atomic mass is 9.86. The number of anilines is 1. The molecule has 1 aromatic carbocycles. The Labute approximate surface area is 245 Å². The van der Waals surface area contributed by atoms with Gasteiger partial charge in [0.2, 0.25) is 0 Å². The monoisotopic (exact) mass is 553 g/mol. The van der Waals surface area contributed by atoms with E-state index in [1.807, 2.05) is 32.7 Å². The van der Waals surface area contributed by atoms with Gasteiger partial charge < -0.3 is 16.0 Å². The fourth-order valence-electron chi connectivity index (χ4n) is 6.06. The molecule has 6 heteroatoms. The Morgan fingerprint density at radius 3 is 2.20 bits per heavy atom. The van der Waals surface area contributed by atoms with Gasteiger partial charge in [0, 0.05) is 23.5 Å². The number of carbonyl (C=O) groups excluding carboxylic acids is 1. The predicted octanol–water partition coefficient (Wildman–Crippen LogP) is 8.47. The number of amidine groups is 1. The number of amides is 1. The molecule has 3 unspecified atom stereocenters. The number of hydrazone groups is 1. The lowest BCUT2D eigenvalue weighted by Crippen LogP contribution is -2.48. The minimum Gasteiger partial charge on any atom is -0.385 e. The van der Waals surface area contributed by atoms with Crippen LogP contribution in [-0.2, 0) is 4.79 Å². The summed E-state index contributed by atoms with van der Waals surface area (Å²) in [6.07, 6.45) is 11.1. The second-order valence-corrected chi connectivity index (χ2v) is 11.4. The lowest BCUT2D eigenvalue weighted by Gasteiger charge is -2.32. The van der Waals surface area contributed by atoms with Crippen LogP contribution in [0.25, 0.3) is 0 Å². The highest BCUT2D eigenvalue weighted by molar-refractivity contribution is 6.14. The molecule has 0 bridgehead atoms. The molecule has 0 aromatic heterocycles. The Kier molecular flexibility index (Phi) is 14.6. The van der Waals surface area contributed by atoms with Crippen LogP contribution in [0.4, 0.5) is 5.69 Å². The first-order valence-electron chi connectivity index (χ1n) is 16.4. The van der Waals surface area contributed by atoms with Gasteiger partial charge in [-0.1, -0.05) is 88.0 Å². The van der Waals surface area contributed by atoms with Crippen molar-refractivity contribution >= 4 is 17.4 Å². The van der Waals surface area contributed by atoms with E-state index < -0.39 is 0 Å². The van der Waals surface area contributed by atoms with Crippen molar-refractivity contribution < 1.29 is 4.79 Å². The van der Waals surface area contributed by atoms with Crippen molar-refractivity contribution in [1.29, 1.82) is 0 Å². The van der Waals surface area contributed by atoms with Crippen LogP contribution in [0.1, 0.15) is 126 Å². The third-order valence-corrected chi connectivity index (χ3v) is 8.59. The van der Waals surface area contributed by atoms with Gasteiger partial charge in [-0.15, -0.1) is 0 Å². The van der Waals surface area contributed by atoms with Crippen molar-refractivity contribution in [3.8, 4) is 0 Å². The molecule has 0 saturated heterocycles. The van der Waals surface area contributed by atoms with Gasteiger partial charge in [0.15, 0.2) is 5.84 Å². The molecular formula is C34H59N5O. The fourth-order valence-corrected chi connectivity index (χ4v) is 6.06. The third kappa shape index (κ3) is 8.75. The SMILES string of the molecule is CC.CC.CCC1=C2C(=O)NC(c3ccc(NCC4CCCCC4)cc3)=NN2C(C(C)CCC(CC)C(C)C)N1. The third-order valence-electron chi connectivity index (χ3n) is 8.59. The Morgan fingerprint density at radius 1 is 0.975 bits per heavy atom. The van der Waals surface area contributed by atoms with Gasteiger partial charge in [-0.3, -0.25) is 4.79 Å². The van der Waals surface area contributed by atoms with Crippen molar-refractivity contribution in [3.63, 3.8) is 0 Å². The van der Waals surface area contributed by atoms with E-state index in [0.29, 0.717) is 23.4 Å². The number of allylic oxidation sites excluding steroid dienone is 1. The Balaban J connectivity index is 0.00000134. The van der Waals surface area contributed by atoms with E-state index in [0.717, 1.165) is 48.2 Å². The maximum Gasteiger partial charge on any atom is 0.276 e. The van der Waals surface area contributed by atoms with E-state index in [4.69, 9.17) is 5.10 Å². The van der Waals surface area contributed by atoms with Gasteiger partial charge in [0.05, 0.1) is 0 Å². The summed E-state index contributed by atoms with van der Waals surface area (Å²) < 4.78 is 0. The standard InChI is InChI=1S/C30H47N5O.2C2H6/c1-6-23(20(3)4)14-13-21(5)29-32-26(7-2)27-30(36)33-28(34-35(27)29)24-15-17-25(18-16-24)31-19-22-11-9-8-10-12-22;2*1-2/h15-18,20-23,29,31-32H,6-14,19H2,1-5H3,(H,33,34,36);2*1-2H3. The van der Waals surface area contributed by atoms with E-state index in [1.54, 1.807) is 0 Å². The first-order chi connectivity index (χ1) is 19.4. The van der Waals surface area contributed by atoms with E-state index in [2.05, 4.69) is 74.8 Å². The first kappa shape index (κ1) is 33.7. The molecule has 1 aromatic rings. The quantitative estimate of drug-likeness (QED) is 0.257. The van der Waals surface area contributed by atoms with Crippen LogP contribution in [-0.4, -0.2) is 29.5 Å². The van der Waals surface area contributed by atoms with Gasteiger partial charge in [-0.2, -0.15) is 5.10 Å². The van der Waals surface area contributed by atoms with Gasteiger partial charge in [0.1, 0.15) is 11.9 Å². The smallest absolute Gasteiger partial charge is 0.276 e. The van der Waals surface area contributed by atoms with Crippen LogP contribution in [0, 0.1) is 23.7 Å². The second-order valence-electron chi connectivity index (χ2n) is 11.4. The Bertz CT molecular complexity index is 946. The van der Waals surface area contributed by atoms with Crippen molar-refractivity contribution in [2.45, 2.75) is 126 Å². The average molecular weight is 554 g/mol. The molecule has 40 heavy (non-hydrogen) atoms. The lowest BCUT2D eigenvalue weighted by molar-refractivity contribution is -0.118. The fraction of sp³-hybridized carbons (Fsp3) is 0.706. The van der Waals surface area contributed by atoms with E-state index >= 15 is 0 Å². The summed E-state index contributed by atoms with van der Waals surface area (Å²) in [5.41, 5.74) is 3.74. The van der Waals surface area contributed by atoms with Gasteiger partial charge in [0.25, 0.3) is 5.91 Å². The highest BCUT2D eigenvalue weighted by Crippen LogP contribution is 2.33. The summed E-state index contributed by atoms with van der Waals surface area (Å²) in [7, 11) is 0. The summed E-state index contributed by atoms with van der Waals surface area (Å²) in [5.74, 6) is 3.16. The molecule has 1 saturated carbocycles. The number of hydrogen-bond donors (Lipinski definition) is 3. The molecular weight excluding hydrogens is 494 g/mol. The largest absolute Gasteiger partial charge is 0.385 e. The zero-order valence-corrected chi connectivity index (χ0v) is 27.1. The maximum absolute atomic E-state index is 13.2. The van der Waals surface area contributed by atoms with Crippen LogP contribution >= 0.6 is 0 Å². The number of carbonyl (C=O) groups is 1. The van der Waals surface area contributed by atoms with Crippen molar-refractivity contribution in [2.75, 3.05) is 11.9 Å². The topological polar surface area (TPSA) is 68.8 Å². The number of rotatable bonds is 11. The van der Waals surface area contributed by atoms with Crippen LogP contribution in [0.5, 0.6) is 0 Å². The molecule has 2 heterocycles. The predicted molar refractivity (Wildman–Crippen MR) is 172 cm³/mol. The molecule has 1 amide bonds. The number of nitrogens with zero attached hydrogens (tertiary/aromatic N) is 2. The van der Waals surface area contributed by atoms with E-state index in [9.17, 15) is 4.79 Å². The number of hydrogen-bond acceptors (Lipinski definition) is 5. The molecule has 3 N–H and O–H groups in total. The van der Waals surface area contributed by atoms with Crippen LogP contribution < -0.4 is 16.0 Å². The van der Waals surface area contributed by atoms with Crippen LogP contribution in [0.15, 0.2) is 40.8 Å². The molecule has 3 atom stereocenters. The van der Waals surface area contributed by atoms with Crippen LogP contribution in [0.2, 0.25) is 0 Å². The van der Waals surface area contributed by atoms with Gasteiger partial charge >= 0.3 is 0 Å². The second kappa shape index (κ2) is 17.3. The highest BCUT2D eigenvalue weighted by atomic mass is 16.2. The number of nitrogens with one attached hydrogen (secondary N) is 3. The summed E-state index contributed by atoms with van der Waals surface area (Å²) in [6.45, 7) is 20.4. The highest BCUT2D eigenvalue weighted by Gasteiger charge is 2.40. The number of fused-ring (bicyclic) bond motifs is 1. The molecule has 0 spiro atoms. The zero-order valence-electron chi connectivity index (χ0n) is 27.1. The first-order valence-corrected chi connectivity index (χ1v) is 16.4. The summed E-state index contributed by atoms with van der Waals surface area (Å²) in [5, 5.41) is 17.2. The Morgan fingerprint density at radius 2 is 1.62 bits per heavy atom. The number of benzene rings is 1. The molecule has 6 nitrogen and oxygen atoms in total. The average Bonchev–Trinajstić information content (AvgIpc) is 3.38. The van der Waals surface area contributed by atoms with Crippen LogP contribution in [0.3, 0.4) is 0 Å². The minimum absolute atomic E-state index is 0.0112. The van der Waals surface area contributed by atoms with Crippen molar-refractivity contribution in [2.24, 2.45) is 28.8 Å². The minimum atomic E-state index is -0.0628. The van der Waals surface area contributed by atoms with Crippen molar-refractivity contribution in [1.82, 2.24) is 15.6 Å². The van der Waals surface area contributed by atoms with E-state index in [1.165, 1.54) is 44.9 Å². The summed E-state index contributed by atoms with van der Waals surface area (Å²) in [4.78, 5) is 13.2. The van der Waals surface area contributed by atoms with E-state index in [-0.39, 0.29) is 12.1 Å². The zero-order chi connectivity index (χ0) is 29.7. The van der Waals surface area contributed by atoms with Gasteiger partial charge in [-0.25, -0.2) is 5.01 Å². The van der Waals surface area contributed by atoms with Gasteiger partial charge in [-0.05, 0) is 80.0 Å². The summed E-state index contributed by atoms with van der Waals surface area (Å²) >= 11 is 0. The molecule has 226 valence electrons. The molecule has 0 radical (unpaired) electrons. The summed E-state index contributed by atoms with van der Waals surface area (Å²) in [6, 6.07) is 8.34. The molecule has 4 rings (SSSR count). The maximum atomic E-state index is 13.2.